The van der Waals surface area contributed by atoms with Crippen LogP contribution in [0.4, 0.5) is 17.6 Å². The summed E-state index contributed by atoms with van der Waals surface area (Å²) in [5, 5.41) is 10.2. The number of carboxylic acid groups (broad SMARTS) is 1. The van der Waals surface area contributed by atoms with Gasteiger partial charge in [-0.2, -0.15) is 0 Å². The summed E-state index contributed by atoms with van der Waals surface area (Å²) in [5.41, 5.74) is 6.59. The maximum atomic E-state index is 15.9. The summed E-state index contributed by atoms with van der Waals surface area (Å²) >= 11 is 0. The van der Waals surface area contributed by atoms with Crippen molar-refractivity contribution in [1.82, 2.24) is 9.88 Å². The lowest BCUT2D eigenvalue weighted by atomic mass is 9.71. The summed E-state index contributed by atoms with van der Waals surface area (Å²) in [7, 11) is 1.53. The topological polar surface area (TPSA) is 88.7 Å². The van der Waals surface area contributed by atoms with E-state index in [-0.39, 0.29) is 31.5 Å². The Labute approximate surface area is 230 Å². The monoisotopic (exact) mass is 557 g/mol. The second-order valence-electron chi connectivity index (χ2n) is 10.2. The highest BCUT2D eigenvalue weighted by molar-refractivity contribution is 5.85. The number of pyridine rings is 1. The van der Waals surface area contributed by atoms with Gasteiger partial charge in [0.15, 0.2) is 11.6 Å². The van der Waals surface area contributed by atoms with Gasteiger partial charge in [0.1, 0.15) is 17.7 Å². The first-order valence-electron chi connectivity index (χ1n) is 13.0. The number of hydrogen-bond donors (Lipinski definition) is 2. The van der Waals surface area contributed by atoms with Gasteiger partial charge in [0.05, 0.1) is 31.2 Å². The number of piperidine rings is 1. The second kappa shape index (κ2) is 12.7. The number of carboxylic acids is 1. The van der Waals surface area contributed by atoms with Crippen LogP contribution in [-0.2, 0) is 11.3 Å². The molecular weight excluding hydrogens is 526 g/mol. The molecule has 10 heteroatoms. The molecule has 212 valence electrons. The molecule has 40 heavy (non-hydrogen) atoms. The molecule has 1 fully saturated rings. The highest BCUT2D eigenvalue weighted by Crippen LogP contribution is 2.43. The van der Waals surface area contributed by atoms with Crippen LogP contribution in [0, 0.1) is 34.7 Å². The Morgan fingerprint density at radius 2 is 1.98 bits per heavy atom. The number of aliphatic carboxylic acids is 1. The first kappa shape index (κ1) is 29.3. The van der Waals surface area contributed by atoms with E-state index in [2.05, 4.69) is 16.8 Å². The second-order valence-corrected chi connectivity index (χ2v) is 10.2. The van der Waals surface area contributed by atoms with Crippen molar-refractivity contribution in [2.45, 2.75) is 44.8 Å². The van der Waals surface area contributed by atoms with Crippen molar-refractivity contribution in [3.8, 4) is 17.6 Å². The third-order valence-electron chi connectivity index (χ3n) is 7.62. The number of ether oxygens (including phenoxy) is 1. The van der Waals surface area contributed by atoms with Crippen LogP contribution in [0.25, 0.3) is 10.9 Å². The number of hydrogen-bond acceptors (Lipinski definition) is 5. The number of halogens is 4. The number of aromatic nitrogens is 1. The molecule has 2 aromatic carbocycles. The molecule has 0 bridgehead atoms. The van der Waals surface area contributed by atoms with Gasteiger partial charge in [0, 0.05) is 29.8 Å². The molecule has 4 rings (SSSR count). The van der Waals surface area contributed by atoms with Crippen molar-refractivity contribution >= 4 is 16.9 Å². The Bertz CT molecular complexity index is 1440. The quantitative estimate of drug-likeness (QED) is 0.205. The van der Waals surface area contributed by atoms with Gasteiger partial charge in [-0.05, 0) is 74.0 Å². The van der Waals surface area contributed by atoms with Crippen LogP contribution >= 0.6 is 0 Å². The van der Waals surface area contributed by atoms with Gasteiger partial charge < -0.3 is 15.6 Å². The molecule has 3 N–H and O–H groups in total. The summed E-state index contributed by atoms with van der Waals surface area (Å²) in [6.07, 6.45) is 1.57. The third-order valence-corrected chi connectivity index (χ3v) is 7.62. The van der Waals surface area contributed by atoms with E-state index in [1.807, 2.05) is 4.90 Å². The number of fused-ring (bicyclic) bond motifs is 1. The molecule has 0 aliphatic carbocycles. The number of rotatable bonds is 9. The average molecular weight is 558 g/mol. The molecule has 1 aromatic heterocycles. The van der Waals surface area contributed by atoms with Gasteiger partial charge >= 0.3 is 5.97 Å². The van der Waals surface area contributed by atoms with Gasteiger partial charge in [0.2, 0.25) is 0 Å². The average Bonchev–Trinajstić information content (AvgIpc) is 2.94. The number of benzene rings is 2. The normalized spacial score (nSPS) is 15.8. The van der Waals surface area contributed by atoms with E-state index in [0.717, 1.165) is 6.07 Å². The fourth-order valence-electron chi connectivity index (χ4n) is 5.39. The fourth-order valence-corrected chi connectivity index (χ4v) is 5.39. The molecule has 3 aromatic rings. The molecule has 0 unspecified atom stereocenters. The van der Waals surface area contributed by atoms with E-state index < -0.39 is 35.0 Å². The zero-order valence-corrected chi connectivity index (χ0v) is 22.2. The first-order chi connectivity index (χ1) is 19.1. The van der Waals surface area contributed by atoms with Crippen LogP contribution in [0.5, 0.6) is 5.75 Å². The molecule has 1 aliphatic rings. The minimum absolute atomic E-state index is 0.0956. The van der Waals surface area contributed by atoms with E-state index in [1.165, 1.54) is 7.11 Å². The van der Waals surface area contributed by atoms with Gasteiger partial charge in [0.25, 0.3) is 0 Å². The number of methoxy groups -OCH3 is 1. The maximum Gasteiger partial charge on any atom is 0.303 e. The van der Waals surface area contributed by atoms with Crippen LogP contribution in [0.2, 0.25) is 0 Å². The zero-order chi connectivity index (χ0) is 28.9. The molecule has 2 heterocycles. The smallest absolute Gasteiger partial charge is 0.303 e. The fraction of sp³-hybridized carbons (Fsp3) is 0.400. The van der Waals surface area contributed by atoms with Crippen LogP contribution < -0.4 is 10.5 Å². The van der Waals surface area contributed by atoms with E-state index in [4.69, 9.17) is 10.5 Å². The summed E-state index contributed by atoms with van der Waals surface area (Å²) in [5.74, 6) is 1.42. The van der Waals surface area contributed by atoms with Crippen LogP contribution in [0.15, 0.2) is 36.5 Å². The zero-order valence-electron chi connectivity index (χ0n) is 22.2. The van der Waals surface area contributed by atoms with Crippen LogP contribution in [-0.4, -0.2) is 47.7 Å². The third kappa shape index (κ3) is 6.72. The Kier molecular flexibility index (Phi) is 9.28. The number of carbonyl (C=O) groups is 1. The summed E-state index contributed by atoms with van der Waals surface area (Å²) < 4.78 is 61.9. The lowest BCUT2D eigenvalue weighted by molar-refractivity contribution is -0.141. The Morgan fingerprint density at radius 1 is 1.23 bits per heavy atom. The molecular formula is C30H31F4N3O3. The van der Waals surface area contributed by atoms with Crippen LogP contribution in [0.3, 0.4) is 0 Å². The highest BCUT2D eigenvalue weighted by Gasteiger charge is 2.37. The predicted octanol–water partition coefficient (Wildman–Crippen LogP) is 5.52. The maximum absolute atomic E-state index is 15.9. The molecule has 0 saturated carbocycles. The predicted molar refractivity (Wildman–Crippen MR) is 143 cm³/mol. The van der Waals surface area contributed by atoms with Crippen molar-refractivity contribution < 1.29 is 32.2 Å². The Hall–Kier alpha value is -3.68. The minimum atomic E-state index is -1.38. The van der Waals surface area contributed by atoms with Gasteiger partial charge in [-0.1, -0.05) is 11.8 Å². The van der Waals surface area contributed by atoms with Crippen molar-refractivity contribution in [2.24, 2.45) is 11.1 Å². The summed E-state index contributed by atoms with van der Waals surface area (Å²) in [4.78, 5) is 18.1. The van der Waals surface area contributed by atoms with Crippen molar-refractivity contribution in [2.75, 3.05) is 26.7 Å². The molecule has 1 saturated heterocycles. The largest absolute Gasteiger partial charge is 0.497 e. The first-order valence-corrected chi connectivity index (χ1v) is 13.0. The SMILES string of the molecule is COc1ccc2ncc(CN)c([C@@H](F)CCC3(CC(=O)O)CCN(CC#Cc4cc(F)cc(F)c4F)CC3)c2c1. The lowest BCUT2D eigenvalue weighted by Gasteiger charge is -2.41. The number of nitrogens with zero attached hydrogens (tertiary/aromatic N) is 2. The molecule has 1 atom stereocenters. The van der Waals surface area contributed by atoms with Gasteiger partial charge in [-0.15, -0.1) is 0 Å². The number of alkyl halides is 1. The van der Waals surface area contributed by atoms with E-state index >= 15 is 4.39 Å². The highest BCUT2D eigenvalue weighted by atomic mass is 19.2. The Balaban J connectivity index is 1.46. The molecule has 0 radical (unpaired) electrons. The van der Waals surface area contributed by atoms with Crippen molar-refractivity contribution in [1.29, 1.82) is 0 Å². The van der Waals surface area contributed by atoms with Crippen LogP contribution in [0.1, 0.15) is 55.0 Å². The number of likely N-dealkylation sites (tertiary alicyclic amines) is 1. The molecule has 0 amide bonds. The number of nitrogens with two attached hydrogens (primary N) is 1. The van der Waals surface area contributed by atoms with Gasteiger partial charge in [-0.3, -0.25) is 14.7 Å². The molecule has 1 aliphatic heterocycles. The van der Waals surface area contributed by atoms with Gasteiger partial charge in [-0.25, -0.2) is 17.6 Å². The van der Waals surface area contributed by atoms with E-state index in [9.17, 15) is 23.1 Å². The molecule has 6 nitrogen and oxygen atoms in total. The Morgan fingerprint density at radius 3 is 2.65 bits per heavy atom. The summed E-state index contributed by atoms with van der Waals surface area (Å²) in [6, 6.07) is 6.54. The van der Waals surface area contributed by atoms with E-state index in [1.54, 1.807) is 24.4 Å². The van der Waals surface area contributed by atoms with Crippen molar-refractivity contribution in [3.63, 3.8) is 0 Å². The van der Waals surface area contributed by atoms with Crippen molar-refractivity contribution in [3.05, 3.63) is 70.7 Å². The summed E-state index contributed by atoms with van der Waals surface area (Å²) in [6.45, 7) is 1.33. The standard InChI is InChI=1S/C30H31F4N3O3/c1-40-22-4-5-26-23(15-22)28(20(17-35)18-36-26)24(32)6-7-30(16-27(38)39)8-11-37(12-9-30)10-2-3-19-13-21(31)14-25(33)29(19)34/h4-5,13-15,18,24H,6-12,16-17,35H2,1H3,(H,38,39)/t24-/m0/s1. The van der Waals surface area contributed by atoms with E-state index in [0.29, 0.717) is 66.2 Å². The lowest BCUT2D eigenvalue weighted by Crippen LogP contribution is -2.41. The molecule has 0 spiro atoms. The minimum Gasteiger partial charge on any atom is -0.497 e.